The predicted molar refractivity (Wildman–Crippen MR) is 82.2 cm³/mol. The van der Waals surface area contributed by atoms with E-state index in [0.717, 1.165) is 5.82 Å². The quantitative estimate of drug-likeness (QED) is 0.850. The maximum atomic E-state index is 11.9. The zero-order valence-corrected chi connectivity index (χ0v) is 13.4. The predicted octanol–water partition coefficient (Wildman–Crippen LogP) is 3.45. The van der Waals surface area contributed by atoms with Crippen LogP contribution in [0.25, 0.3) is 0 Å². The molecule has 2 rings (SSSR count). The minimum absolute atomic E-state index is 0.0551. The molecule has 0 fully saturated rings. The van der Waals surface area contributed by atoms with Gasteiger partial charge in [-0.05, 0) is 24.8 Å². The molecule has 0 saturated heterocycles. The lowest BCUT2D eigenvalue weighted by Gasteiger charge is -2.11. The summed E-state index contributed by atoms with van der Waals surface area (Å²) in [5, 5.41) is 8.92. The number of aromatic nitrogens is 2. The van der Waals surface area contributed by atoms with Crippen LogP contribution in [-0.4, -0.2) is 16.0 Å². The number of nitrogens with one attached hydrogen (secondary N) is 1. The Morgan fingerprint density at radius 1 is 1.43 bits per heavy atom. The highest BCUT2D eigenvalue weighted by molar-refractivity contribution is 7.10. The average Bonchev–Trinajstić information content (AvgIpc) is 3.10. The van der Waals surface area contributed by atoms with E-state index in [4.69, 9.17) is 4.52 Å². The van der Waals surface area contributed by atoms with E-state index < -0.39 is 0 Å². The van der Waals surface area contributed by atoms with Gasteiger partial charge in [0.1, 0.15) is 0 Å². The highest BCUT2D eigenvalue weighted by Crippen LogP contribution is 2.18. The maximum absolute atomic E-state index is 11.9. The Labute approximate surface area is 128 Å². The molecule has 6 heteroatoms. The topological polar surface area (TPSA) is 68.0 Å². The molecule has 0 spiro atoms. The van der Waals surface area contributed by atoms with Crippen molar-refractivity contribution in [1.29, 1.82) is 0 Å². The summed E-state index contributed by atoms with van der Waals surface area (Å²) in [5.41, 5.74) is 0. The summed E-state index contributed by atoms with van der Waals surface area (Å²) >= 11 is 1.65. The second kappa shape index (κ2) is 7.36. The summed E-state index contributed by atoms with van der Waals surface area (Å²) in [6.45, 7) is 6.04. The molecule has 0 unspecified atom stereocenters. The van der Waals surface area contributed by atoms with Gasteiger partial charge in [-0.3, -0.25) is 4.79 Å². The molecule has 0 aliphatic carbocycles. The number of hydrogen-bond donors (Lipinski definition) is 1. The van der Waals surface area contributed by atoms with Crippen LogP contribution in [0, 0.1) is 0 Å². The summed E-state index contributed by atoms with van der Waals surface area (Å²) < 4.78 is 5.16. The van der Waals surface area contributed by atoms with Crippen molar-refractivity contribution >= 4 is 17.2 Å². The number of aryl methyl sites for hydroxylation is 1. The van der Waals surface area contributed by atoms with Gasteiger partial charge >= 0.3 is 0 Å². The van der Waals surface area contributed by atoms with Crippen LogP contribution < -0.4 is 5.32 Å². The van der Waals surface area contributed by atoms with E-state index in [-0.39, 0.29) is 17.9 Å². The first-order chi connectivity index (χ1) is 10.1. The average molecular weight is 307 g/mol. The number of amides is 1. The normalized spacial score (nSPS) is 12.6. The molecule has 0 saturated carbocycles. The standard InChI is InChI=1S/C15H21N3O2S/c1-10(2)15-17-14(20-18-15)8-4-7-13(19)16-11(3)12-6-5-9-21-12/h5-6,9-11H,4,7-8H2,1-3H3,(H,16,19)/t11-/m0/s1. The molecule has 1 amide bonds. The Balaban J connectivity index is 1.71. The molecule has 0 aliphatic heterocycles. The molecule has 114 valence electrons. The number of carbonyl (C=O) groups excluding carboxylic acids is 1. The van der Waals surface area contributed by atoms with Crippen molar-refractivity contribution < 1.29 is 9.32 Å². The number of rotatable bonds is 7. The number of carbonyl (C=O) groups is 1. The van der Waals surface area contributed by atoms with Crippen LogP contribution in [0.1, 0.15) is 62.2 Å². The minimum atomic E-state index is 0.0551. The SMILES string of the molecule is CC(C)c1noc(CCCC(=O)N[C@@H](C)c2cccs2)n1. The van der Waals surface area contributed by atoms with Crippen molar-refractivity contribution in [1.82, 2.24) is 15.5 Å². The van der Waals surface area contributed by atoms with E-state index in [1.807, 2.05) is 38.3 Å². The monoisotopic (exact) mass is 307 g/mol. The van der Waals surface area contributed by atoms with E-state index in [1.54, 1.807) is 11.3 Å². The lowest BCUT2D eigenvalue weighted by atomic mass is 10.2. The largest absolute Gasteiger partial charge is 0.349 e. The number of hydrogen-bond acceptors (Lipinski definition) is 5. The van der Waals surface area contributed by atoms with Gasteiger partial charge in [0.05, 0.1) is 6.04 Å². The molecule has 0 aromatic carbocycles. The fraction of sp³-hybridized carbons (Fsp3) is 0.533. The second-order valence-corrected chi connectivity index (χ2v) is 6.34. The van der Waals surface area contributed by atoms with E-state index in [2.05, 4.69) is 15.5 Å². The third-order valence-electron chi connectivity index (χ3n) is 3.14. The molecule has 2 heterocycles. The lowest BCUT2D eigenvalue weighted by molar-refractivity contribution is -0.121. The van der Waals surface area contributed by atoms with Crippen molar-refractivity contribution in [3.8, 4) is 0 Å². The maximum Gasteiger partial charge on any atom is 0.226 e. The first kappa shape index (κ1) is 15.7. The first-order valence-electron chi connectivity index (χ1n) is 7.21. The third-order valence-corrected chi connectivity index (χ3v) is 4.20. The molecule has 5 nitrogen and oxygen atoms in total. The van der Waals surface area contributed by atoms with Gasteiger partial charge in [-0.1, -0.05) is 25.1 Å². The summed E-state index contributed by atoms with van der Waals surface area (Å²) in [6, 6.07) is 4.08. The summed E-state index contributed by atoms with van der Waals surface area (Å²) in [5.74, 6) is 1.65. The lowest BCUT2D eigenvalue weighted by Crippen LogP contribution is -2.25. The first-order valence-corrected chi connectivity index (χ1v) is 8.09. The molecule has 21 heavy (non-hydrogen) atoms. The van der Waals surface area contributed by atoms with Gasteiger partial charge in [0.2, 0.25) is 11.8 Å². The number of nitrogens with zero attached hydrogens (tertiary/aromatic N) is 2. The van der Waals surface area contributed by atoms with Gasteiger partial charge in [0.15, 0.2) is 5.82 Å². The van der Waals surface area contributed by atoms with Gasteiger partial charge in [0.25, 0.3) is 0 Å². The van der Waals surface area contributed by atoms with Crippen molar-refractivity contribution in [2.45, 2.75) is 52.0 Å². The van der Waals surface area contributed by atoms with Crippen LogP contribution in [0.3, 0.4) is 0 Å². The highest BCUT2D eigenvalue weighted by atomic mass is 32.1. The van der Waals surface area contributed by atoms with Gasteiger partial charge in [-0.25, -0.2) is 0 Å². The summed E-state index contributed by atoms with van der Waals surface area (Å²) in [7, 11) is 0. The van der Waals surface area contributed by atoms with Gasteiger partial charge < -0.3 is 9.84 Å². The van der Waals surface area contributed by atoms with Gasteiger partial charge in [-0.2, -0.15) is 4.98 Å². The Hall–Kier alpha value is -1.69. The summed E-state index contributed by atoms with van der Waals surface area (Å²) in [6.07, 6.45) is 1.82. The molecular formula is C15H21N3O2S. The van der Waals surface area contributed by atoms with Crippen molar-refractivity contribution in [3.05, 3.63) is 34.1 Å². The van der Waals surface area contributed by atoms with Gasteiger partial charge in [-0.15, -0.1) is 11.3 Å². The smallest absolute Gasteiger partial charge is 0.226 e. The van der Waals surface area contributed by atoms with E-state index in [1.165, 1.54) is 4.88 Å². The van der Waals surface area contributed by atoms with Gasteiger partial charge in [0, 0.05) is 23.6 Å². The molecule has 1 atom stereocenters. The molecule has 2 aromatic heterocycles. The van der Waals surface area contributed by atoms with Crippen molar-refractivity contribution in [2.24, 2.45) is 0 Å². The molecule has 0 aliphatic rings. The Kier molecular flexibility index (Phi) is 5.50. The molecule has 0 radical (unpaired) electrons. The zero-order chi connectivity index (χ0) is 15.2. The molecule has 0 bridgehead atoms. The van der Waals surface area contributed by atoms with Crippen LogP contribution in [0.5, 0.6) is 0 Å². The van der Waals surface area contributed by atoms with E-state index >= 15 is 0 Å². The Morgan fingerprint density at radius 2 is 2.24 bits per heavy atom. The Bertz CT molecular complexity index is 563. The van der Waals surface area contributed by atoms with Crippen molar-refractivity contribution in [2.75, 3.05) is 0 Å². The molecule has 2 aromatic rings. The van der Waals surface area contributed by atoms with Crippen LogP contribution >= 0.6 is 11.3 Å². The summed E-state index contributed by atoms with van der Waals surface area (Å²) in [4.78, 5) is 17.3. The molecule has 1 N–H and O–H groups in total. The fourth-order valence-electron chi connectivity index (χ4n) is 1.93. The Morgan fingerprint density at radius 3 is 2.86 bits per heavy atom. The fourth-order valence-corrected chi connectivity index (χ4v) is 2.66. The van der Waals surface area contributed by atoms with Crippen LogP contribution in [0.2, 0.25) is 0 Å². The van der Waals surface area contributed by atoms with Crippen molar-refractivity contribution in [3.63, 3.8) is 0 Å². The molecular weight excluding hydrogens is 286 g/mol. The van der Waals surface area contributed by atoms with Crippen LogP contribution in [0.4, 0.5) is 0 Å². The minimum Gasteiger partial charge on any atom is -0.349 e. The van der Waals surface area contributed by atoms with Crippen LogP contribution in [-0.2, 0) is 11.2 Å². The van der Waals surface area contributed by atoms with E-state index in [9.17, 15) is 4.79 Å². The zero-order valence-electron chi connectivity index (χ0n) is 12.6. The second-order valence-electron chi connectivity index (χ2n) is 5.36. The van der Waals surface area contributed by atoms with Crippen LogP contribution in [0.15, 0.2) is 22.0 Å². The third kappa shape index (κ3) is 4.67. The number of thiophene rings is 1. The highest BCUT2D eigenvalue weighted by Gasteiger charge is 2.12. The van der Waals surface area contributed by atoms with E-state index in [0.29, 0.717) is 25.2 Å².